The molecular weight excluding hydrogens is 454 g/mol. The van der Waals surface area contributed by atoms with Crippen molar-refractivity contribution in [1.82, 2.24) is 25.1 Å². The highest BCUT2D eigenvalue weighted by Crippen LogP contribution is 2.31. The summed E-state index contributed by atoms with van der Waals surface area (Å²) < 4.78 is 22.6. The number of nitrogens with zero attached hydrogens (tertiary/aromatic N) is 4. The summed E-state index contributed by atoms with van der Waals surface area (Å²) in [5, 5.41) is 15.6. The Kier molecular flexibility index (Phi) is 7.05. The van der Waals surface area contributed by atoms with Gasteiger partial charge in [-0.2, -0.15) is 4.52 Å². The Labute approximate surface area is 200 Å². The summed E-state index contributed by atoms with van der Waals surface area (Å²) in [6.07, 6.45) is 0. The molecular formula is C24H23N5O6. The standard InChI is InChI=1S/C24H23N5O6/c1-32-18-9-8-15(14-19(18)33-2)22-27-26-20-10-11-21(28-29(20)22)35-13-12-25-23(30)16-6-4-5-7-17(16)24(31)34-3/h4-11,14H,12-13H2,1-3H3,(H,25,30). The number of carbonyl (C=O) groups is 2. The molecule has 0 aliphatic carbocycles. The second kappa shape index (κ2) is 10.5. The highest BCUT2D eigenvalue weighted by molar-refractivity contribution is 6.05. The van der Waals surface area contributed by atoms with Crippen LogP contribution in [0.2, 0.25) is 0 Å². The zero-order chi connectivity index (χ0) is 24.8. The lowest BCUT2D eigenvalue weighted by Crippen LogP contribution is -2.29. The van der Waals surface area contributed by atoms with Crippen LogP contribution in [0.4, 0.5) is 0 Å². The summed E-state index contributed by atoms with van der Waals surface area (Å²) in [5.74, 6) is 0.982. The number of rotatable bonds is 9. The zero-order valence-corrected chi connectivity index (χ0v) is 19.3. The fourth-order valence-electron chi connectivity index (χ4n) is 3.39. The van der Waals surface area contributed by atoms with E-state index >= 15 is 0 Å². The van der Waals surface area contributed by atoms with Gasteiger partial charge in [-0.15, -0.1) is 15.3 Å². The molecule has 0 fully saturated rings. The van der Waals surface area contributed by atoms with E-state index in [1.54, 1.807) is 61.2 Å². The Bertz CT molecular complexity index is 1370. The number of hydrogen-bond acceptors (Lipinski definition) is 9. The first-order valence-corrected chi connectivity index (χ1v) is 10.6. The minimum Gasteiger partial charge on any atom is -0.493 e. The maximum atomic E-state index is 12.5. The Morgan fingerprint density at radius 3 is 2.43 bits per heavy atom. The predicted molar refractivity (Wildman–Crippen MR) is 125 cm³/mol. The molecule has 0 aliphatic heterocycles. The molecule has 0 radical (unpaired) electrons. The predicted octanol–water partition coefficient (Wildman–Crippen LogP) is 2.40. The van der Waals surface area contributed by atoms with E-state index in [0.717, 1.165) is 5.56 Å². The minimum atomic E-state index is -0.580. The smallest absolute Gasteiger partial charge is 0.338 e. The van der Waals surface area contributed by atoms with E-state index in [4.69, 9.17) is 18.9 Å². The van der Waals surface area contributed by atoms with E-state index < -0.39 is 11.9 Å². The summed E-state index contributed by atoms with van der Waals surface area (Å²) >= 11 is 0. The van der Waals surface area contributed by atoms with E-state index in [9.17, 15) is 9.59 Å². The molecule has 0 spiro atoms. The molecule has 11 nitrogen and oxygen atoms in total. The van der Waals surface area contributed by atoms with Gasteiger partial charge in [0.25, 0.3) is 5.91 Å². The number of benzene rings is 2. The molecule has 0 atom stereocenters. The third-order valence-corrected chi connectivity index (χ3v) is 5.09. The Morgan fingerprint density at radius 1 is 0.914 bits per heavy atom. The molecule has 1 N–H and O–H groups in total. The molecule has 180 valence electrons. The summed E-state index contributed by atoms with van der Waals surface area (Å²) in [4.78, 5) is 24.4. The molecule has 0 unspecified atom stereocenters. The van der Waals surface area contributed by atoms with Crippen LogP contribution in [0.25, 0.3) is 17.0 Å². The van der Waals surface area contributed by atoms with Crippen LogP contribution < -0.4 is 19.5 Å². The van der Waals surface area contributed by atoms with Gasteiger partial charge in [-0.25, -0.2) is 4.79 Å². The molecule has 2 aromatic carbocycles. The van der Waals surface area contributed by atoms with Gasteiger partial charge in [0.1, 0.15) is 6.61 Å². The number of esters is 1. The second-order valence-electron chi connectivity index (χ2n) is 7.18. The fourth-order valence-corrected chi connectivity index (χ4v) is 3.39. The van der Waals surface area contributed by atoms with Gasteiger partial charge >= 0.3 is 5.97 Å². The van der Waals surface area contributed by atoms with Crippen molar-refractivity contribution in [1.29, 1.82) is 0 Å². The number of ether oxygens (including phenoxy) is 4. The molecule has 0 aliphatic rings. The zero-order valence-electron chi connectivity index (χ0n) is 19.3. The van der Waals surface area contributed by atoms with Gasteiger partial charge in [-0.1, -0.05) is 12.1 Å². The molecule has 2 heterocycles. The SMILES string of the molecule is COC(=O)c1ccccc1C(=O)NCCOc1ccc2nnc(-c3ccc(OC)c(OC)c3)n2n1. The maximum absolute atomic E-state index is 12.5. The lowest BCUT2D eigenvalue weighted by molar-refractivity contribution is 0.0596. The van der Waals surface area contributed by atoms with Crippen LogP contribution in [0, 0.1) is 0 Å². The number of carbonyl (C=O) groups excluding carboxylic acids is 2. The highest BCUT2D eigenvalue weighted by atomic mass is 16.5. The van der Waals surface area contributed by atoms with Gasteiger partial charge in [-0.3, -0.25) is 4.79 Å². The Morgan fingerprint density at radius 2 is 1.69 bits per heavy atom. The van der Waals surface area contributed by atoms with Crippen molar-refractivity contribution in [3.8, 4) is 28.8 Å². The van der Waals surface area contributed by atoms with Gasteiger partial charge in [0.05, 0.1) is 39.0 Å². The monoisotopic (exact) mass is 477 g/mol. The fraction of sp³-hybridized carbons (Fsp3) is 0.208. The van der Waals surface area contributed by atoms with Crippen LogP contribution in [0.1, 0.15) is 20.7 Å². The summed E-state index contributed by atoms with van der Waals surface area (Å²) in [6.45, 7) is 0.344. The number of aromatic nitrogens is 4. The van der Waals surface area contributed by atoms with Gasteiger partial charge in [0.15, 0.2) is 23.0 Å². The molecule has 4 aromatic rings. The molecule has 2 aromatic heterocycles. The first kappa shape index (κ1) is 23.5. The number of methoxy groups -OCH3 is 3. The highest BCUT2D eigenvalue weighted by Gasteiger charge is 2.17. The van der Waals surface area contributed by atoms with Crippen molar-refractivity contribution >= 4 is 17.5 Å². The largest absolute Gasteiger partial charge is 0.493 e. The van der Waals surface area contributed by atoms with Crippen molar-refractivity contribution in [2.45, 2.75) is 0 Å². The van der Waals surface area contributed by atoms with Crippen LogP contribution in [0.3, 0.4) is 0 Å². The van der Waals surface area contributed by atoms with E-state index in [2.05, 4.69) is 20.6 Å². The van der Waals surface area contributed by atoms with E-state index in [-0.39, 0.29) is 24.3 Å². The Balaban J connectivity index is 1.43. The van der Waals surface area contributed by atoms with Crippen molar-refractivity contribution in [3.05, 3.63) is 65.7 Å². The molecule has 1 amide bonds. The van der Waals surface area contributed by atoms with E-state index in [0.29, 0.717) is 28.9 Å². The lowest BCUT2D eigenvalue weighted by atomic mass is 10.1. The number of fused-ring (bicyclic) bond motifs is 1. The first-order chi connectivity index (χ1) is 17.0. The maximum Gasteiger partial charge on any atom is 0.338 e. The second-order valence-corrected chi connectivity index (χ2v) is 7.18. The van der Waals surface area contributed by atoms with Crippen LogP contribution in [-0.4, -0.2) is 66.2 Å². The third-order valence-electron chi connectivity index (χ3n) is 5.09. The lowest BCUT2D eigenvalue weighted by Gasteiger charge is -2.10. The normalized spacial score (nSPS) is 10.6. The molecule has 35 heavy (non-hydrogen) atoms. The molecule has 11 heteroatoms. The van der Waals surface area contributed by atoms with Crippen molar-refractivity contribution in [2.75, 3.05) is 34.5 Å². The average molecular weight is 477 g/mol. The molecule has 0 saturated heterocycles. The number of hydrogen-bond donors (Lipinski definition) is 1. The van der Waals surface area contributed by atoms with Gasteiger partial charge in [0.2, 0.25) is 5.88 Å². The number of amides is 1. The topological polar surface area (TPSA) is 126 Å². The van der Waals surface area contributed by atoms with Gasteiger partial charge in [-0.05, 0) is 36.4 Å². The third kappa shape index (κ3) is 4.98. The van der Waals surface area contributed by atoms with Crippen molar-refractivity contribution < 1.29 is 28.5 Å². The summed E-state index contributed by atoms with van der Waals surface area (Å²) in [6, 6.07) is 15.2. The van der Waals surface area contributed by atoms with Gasteiger partial charge in [0, 0.05) is 11.6 Å². The summed E-state index contributed by atoms with van der Waals surface area (Å²) in [7, 11) is 4.39. The van der Waals surface area contributed by atoms with Crippen LogP contribution in [0.15, 0.2) is 54.6 Å². The Hall–Kier alpha value is -4.67. The molecule has 0 bridgehead atoms. The first-order valence-electron chi connectivity index (χ1n) is 10.6. The molecule has 4 rings (SSSR count). The van der Waals surface area contributed by atoms with Gasteiger partial charge < -0.3 is 24.3 Å². The van der Waals surface area contributed by atoms with E-state index in [1.165, 1.54) is 13.2 Å². The average Bonchev–Trinajstić information content (AvgIpc) is 3.33. The van der Waals surface area contributed by atoms with Crippen molar-refractivity contribution in [3.63, 3.8) is 0 Å². The van der Waals surface area contributed by atoms with Crippen LogP contribution >= 0.6 is 0 Å². The van der Waals surface area contributed by atoms with Crippen molar-refractivity contribution in [2.24, 2.45) is 0 Å². The molecule has 0 saturated carbocycles. The van der Waals surface area contributed by atoms with Crippen LogP contribution in [-0.2, 0) is 4.74 Å². The number of nitrogens with one attached hydrogen (secondary N) is 1. The minimum absolute atomic E-state index is 0.151. The quantitative estimate of drug-likeness (QED) is 0.286. The van der Waals surface area contributed by atoms with Crippen LogP contribution in [0.5, 0.6) is 17.4 Å². The summed E-state index contributed by atoms with van der Waals surface area (Å²) in [5.41, 5.74) is 1.69. The van der Waals surface area contributed by atoms with E-state index in [1.807, 2.05) is 6.07 Å².